The van der Waals surface area contributed by atoms with Gasteiger partial charge in [0.25, 0.3) is 0 Å². The molecule has 2 aliphatic carbocycles. The highest BCUT2D eigenvalue weighted by Crippen LogP contribution is 2.45. The molecule has 0 saturated heterocycles. The molecule has 4 nitrogen and oxygen atoms in total. The van der Waals surface area contributed by atoms with Crippen LogP contribution < -0.4 is 10.2 Å². The Kier molecular flexibility index (Phi) is 3.47. The Hall–Kier alpha value is -1.71. The lowest BCUT2D eigenvalue weighted by molar-refractivity contribution is 0.438. The van der Waals surface area contributed by atoms with Crippen LogP contribution in [0.2, 0.25) is 0 Å². The van der Waals surface area contributed by atoms with Crippen molar-refractivity contribution in [1.29, 1.82) is 0 Å². The monoisotopic (exact) mass is 298 g/mol. The summed E-state index contributed by atoms with van der Waals surface area (Å²) < 4.78 is 0. The third kappa shape index (κ3) is 2.34. The second-order valence-electron chi connectivity index (χ2n) is 6.88. The van der Waals surface area contributed by atoms with Crippen LogP contribution in [0.25, 0.3) is 11.0 Å². The van der Waals surface area contributed by atoms with Crippen molar-refractivity contribution in [3.05, 3.63) is 18.2 Å². The molecule has 118 valence electrons. The highest BCUT2D eigenvalue weighted by Gasteiger charge is 2.39. The Morgan fingerprint density at radius 1 is 1.23 bits per heavy atom. The maximum absolute atomic E-state index is 4.73. The molecule has 0 spiro atoms. The van der Waals surface area contributed by atoms with E-state index in [1.54, 1.807) is 0 Å². The van der Waals surface area contributed by atoms with Crippen LogP contribution in [0, 0.1) is 11.8 Å². The summed E-state index contributed by atoms with van der Waals surface area (Å²) in [6.07, 6.45) is 5.58. The number of hydrogen-bond donors (Lipinski definition) is 2. The molecule has 2 N–H and O–H groups in total. The van der Waals surface area contributed by atoms with Crippen molar-refractivity contribution in [3.63, 3.8) is 0 Å². The van der Waals surface area contributed by atoms with E-state index in [2.05, 4.69) is 47.2 Å². The Labute approximate surface area is 132 Å². The summed E-state index contributed by atoms with van der Waals surface area (Å²) in [5.41, 5.74) is 3.46. The Balaban J connectivity index is 1.55. The number of fused-ring (bicyclic) bond motifs is 3. The van der Waals surface area contributed by atoms with Crippen molar-refractivity contribution >= 4 is 22.7 Å². The van der Waals surface area contributed by atoms with Gasteiger partial charge in [0.1, 0.15) is 0 Å². The minimum Gasteiger partial charge on any atom is -0.372 e. The Morgan fingerprint density at radius 2 is 2.09 bits per heavy atom. The zero-order valence-corrected chi connectivity index (χ0v) is 13.6. The number of hydrogen-bond acceptors (Lipinski definition) is 3. The summed E-state index contributed by atoms with van der Waals surface area (Å²) in [4.78, 5) is 10.6. The molecule has 0 amide bonds. The van der Waals surface area contributed by atoms with Gasteiger partial charge >= 0.3 is 0 Å². The second-order valence-corrected chi connectivity index (χ2v) is 6.88. The maximum Gasteiger partial charge on any atom is 0.201 e. The molecular weight excluding hydrogens is 272 g/mol. The van der Waals surface area contributed by atoms with E-state index in [1.807, 2.05) is 0 Å². The molecule has 2 fully saturated rings. The van der Waals surface area contributed by atoms with Crippen molar-refractivity contribution in [2.45, 2.75) is 45.6 Å². The average Bonchev–Trinajstić information content (AvgIpc) is 3.22. The summed E-state index contributed by atoms with van der Waals surface area (Å²) >= 11 is 0. The highest BCUT2D eigenvalue weighted by molar-refractivity contribution is 5.81. The number of anilines is 2. The van der Waals surface area contributed by atoms with Gasteiger partial charge in [-0.1, -0.05) is 6.42 Å². The van der Waals surface area contributed by atoms with E-state index in [0.29, 0.717) is 6.04 Å². The van der Waals surface area contributed by atoms with Crippen molar-refractivity contribution < 1.29 is 0 Å². The minimum atomic E-state index is 0.626. The lowest BCUT2D eigenvalue weighted by Gasteiger charge is -2.22. The first-order valence-corrected chi connectivity index (χ1v) is 8.78. The lowest BCUT2D eigenvalue weighted by atomic mass is 9.95. The summed E-state index contributed by atoms with van der Waals surface area (Å²) in [6, 6.07) is 7.16. The van der Waals surface area contributed by atoms with Crippen LogP contribution in [-0.2, 0) is 0 Å². The number of benzene rings is 1. The van der Waals surface area contributed by atoms with Crippen LogP contribution in [0.3, 0.4) is 0 Å². The van der Waals surface area contributed by atoms with Crippen molar-refractivity contribution in [2.24, 2.45) is 11.8 Å². The molecule has 0 radical (unpaired) electrons. The summed E-state index contributed by atoms with van der Waals surface area (Å²) in [6.45, 7) is 6.46. The number of imidazole rings is 1. The van der Waals surface area contributed by atoms with Gasteiger partial charge in [-0.05, 0) is 63.1 Å². The van der Waals surface area contributed by atoms with E-state index in [1.165, 1.54) is 31.4 Å². The van der Waals surface area contributed by atoms with Crippen LogP contribution in [0.5, 0.6) is 0 Å². The SMILES string of the molecule is CCN(CC)c1ccc2nc(NC3CC4CCC3C4)[nH]c2c1. The van der Waals surface area contributed by atoms with E-state index >= 15 is 0 Å². The van der Waals surface area contributed by atoms with Crippen molar-refractivity contribution in [3.8, 4) is 0 Å². The number of nitrogens with one attached hydrogen (secondary N) is 2. The standard InChI is InChI=1S/C18H26N4/c1-3-22(4-2)14-7-8-15-17(11-14)21-18(19-15)20-16-10-12-5-6-13(16)9-12/h7-8,11-13,16H,3-6,9-10H2,1-2H3,(H2,19,20,21). The third-order valence-corrected chi connectivity index (χ3v) is 5.65. The number of aromatic amines is 1. The fourth-order valence-electron chi connectivity index (χ4n) is 4.45. The van der Waals surface area contributed by atoms with Gasteiger partial charge in [-0.3, -0.25) is 0 Å². The summed E-state index contributed by atoms with van der Waals surface area (Å²) in [5, 5.41) is 3.66. The van der Waals surface area contributed by atoms with Gasteiger partial charge in [-0.2, -0.15) is 0 Å². The van der Waals surface area contributed by atoms with Gasteiger partial charge < -0.3 is 15.2 Å². The van der Waals surface area contributed by atoms with Gasteiger partial charge in [-0.15, -0.1) is 0 Å². The van der Waals surface area contributed by atoms with Crippen LogP contribution in [0.15, 0.2) is 18.2 Å². The summed E-state index contributed by atoms with van der Waals surface area (Å²) in [7, 11) is 0. The molecule has 4 heteroatoms. The largest absolute Gasteiger partial charge is 0.372 e. The van der Waals surface area contributed by atoms with E-state index in [0.717, 1.165) is 41.9 Å². The number of H-pyrrole nitrogens is 1. The average molecular weight is 298 g/mol. The van der Waals surface area contributed by atoms with Crippen LogP contribution in [0.1, 0.15) is 39.5 Å². The molecule has 2 saturated carbocycles. The molecule has 3 unspecified atom stereocenters. The molecule has 2 bridgehead atoms. The molecule has 0 aliphatic heterocycles. The molecular formula is C18H26N4. The number of nitrogens with zero attached hydrogens (tertiary/aromatic N) is 2. The zero-order chi connectivity index (χ0) is 15.1. The van der Waals surface area contributed by atoms with E-state index in [9.17, 15) is 0 Å². The van der Waals surface area contributed by atoms with Crippen molar-refractivity contribution in [2.75, 3.05) is 23.3 Å². The molecule has 1 aromatic heterocycles. The van der Waals surface area contributed by atoms with Gasteiger partial charge in [0.05, 0.1) is 11.0 Å². The van der Waals surface area contributed by atoms with E-state index in [-0.39, 0.29) is 0 Å². The predicted octanol–water partition coefficient (Wildman–Crippen LogP) is 4.01. The quantitative estimate of drug-likeness (QED) is 0.876. The minimum absolute atomic E-state index is 0.626. The molecule has 3 atom stereocenters. The molecule has 1 heterocycles. The predicted molar refractivity (Wildman–Crippen MR) is 92.5 cm³/mol. The fraction of sp³-hybridized carbons (Fsp3) is 0.611. The fourth-order valence-corrected chi connectivity index (χ4v) is 4.45. The second kappa shape index (κ2) is 5.49. The first-order chi connectivity index (χ1) is 10.8. The molecule has 2 aliphatic rings. The number of aromatic nitrogens is 2. The van der Waals surface area contributed by atoms with E-state index < -0.39 is 0 Å². The van der Waals surface area contributed by atoms with Gasteiger partial charge in [-0.25, -0.2) is 4.98 Å². The van der Waals surface area contributed by atoms with Gasteiger partial charge in [0.2, 0.25) is 5.95 Å². The van der Waals surface area contributed by atoms with Gasteiger partial charge in [0, 0.05) is 24.8 Å². The number of rotatable bonds is 5. The first-order valence-electron chi connectivity index (χ1n) is 8.78. The van der Waals surface area contributed by atoms with Crippen LogP contribution >= 0.6 is 0 Å². The highest BCUT2D eigenvalue weighted by atomic mass is 15.1. The molecule has 2 aromatic rings. The Morgan fingerprint density at radius 3 is 2.77 bits per heavy atom. The van der Waals surface area contributed by atoms with Gasteiger partial charge in [0.15, 0.2) is 0 Å². The lowest BCUT2D eigenvalue weighted by Crippen LogP contribution is -2.26. The molecule has 22 heavy (non-hydrogen) atoms. The van der Waals surface area contributed by atoms with Crippen LogP contribution in [0.4, 0.5) is 11.6 Å². The molecule has 1 aromatic carbocycles. The van der Waals surface area contributed by atoms with E-state index in [4.69, 9.17) is 4.98 Å². The summed E-state index contributed by atoms with van der Waals surface area (Å²) in [5.74, 6) is 2.77. The maximum atomic E-state index is 4.73. The third-order valence-electron chi connectivity index (χ3n) is 5.65. The topological polar surface area (TPSA) is 44.0 Å². The van der Waals surface area contributed by atoms with Crippen LogP contribution in [-0.4, -0.2) is 29.1 Å². The normalized spacial score (nSPS) is 26.7. The zero-order valence-electron chi connectivity index (χ0n) is 13.6. The Bertz CT molecular complexity index is 658. The first kappa shape index (κ1) is 13.9. The van der Waals surface area contributed by atoms with Crippen molar-refractivity contribution in [1.82, 2.24) is 9.97 Å². The smallest absolute Gasteiger partial charge is 0.201 e. The molecule has 4 rings (SSSR count).